The molecule has 1 atom stereocenters. The summed E-state index contributed by atoms with van der Waals surface area (Å²) in [6.07, 6.45) is 1.91. The molecule has 1 aliphatic rings. The highest BCUT2D eigenvalue weighted by atomic mass is 16.6. The lowest BCUT2D eigenvalue weighted by molar-refractivity contribution is -0.385. The van der Waals surface area contributed by atoms with Crippen LogP contribution in [0.3, 0.4) is 0 Å². The van der Waals surface area contributed by atoms with E-state index in [1.54, 1.807) is 13.0 Å². The Morgan fingerprint density at radius 2 is 2.16 bits per heavy atom. The quantitative estimate of drug-likeness (QED) is 0.622. The second-order valence-electron chi connectivity index (χ2n) is 5.09. The first-order chi connectivity index (χ1) is 8.92. The summed E-state index contributed by atoms with van der Waals surface area (Å²) in [7, 11) is 0. The van der Waals surface area contributed by atoms with E-state index in [0.29, 0.717) is 0 Å². The number of benzene rings is 1. The lowest BCUT2D eigenvalue weighted by Gasteiger charge is -2.23. The van der Waals surface area contributed by atoms with Crippen LogP contribution >= 0.6 is 0 Å². The van der Waals surface area contributed by atoms with E-state index < -0.39 is 16.4 Å². The van der Waals surface area contributed by atoms with E-state index in [1.807, 2.05) is 0 Å². The third-order valence-electron chi connectivity index (χ3n) is 3.41. The van der Waals surface area contributed by atoms with Crippen LogP contribution < -0.4 is 5.32 Å². The summed E-state index contributed by atoms with van der Waals surface area (Å²) in [6.45, 7) is 1.77. The van der Waals surface area contributed by atoms with Crippen molar-refractivity contribution < 1.29 is 14.8 Å². The van der Waals surface area contributed by atoms with Crippen molar-refractivity contribution in [3.05, 3.63) is 39.9 Å². The number of nitro groups is 1. The molecule has 0 spiro atoms. The van der Waals surface area contributed by atoms with E-state index >= 15 is 0 Å². The van der Waals surface area contributed by atoms with E-state index in [-0.39, 0.29) is 23.7 Å². The topological polar surface area (TPSA) is 92.5 Å². The van der Waals surface area contributed by atoms with Gasteiger partial charge in [0.25, 0.3) is 11.6 Å². The first kappa shape index (κ1) is 13.5. The predicted octanol–water partition coefficient (Wildman–Crippen LogP) is 1.49. The number of para-hydroxylation sites is 1. The standard InChI is InChI=1S/C13H16N2O4/c1-13(17,9-6-7-9)8-14-12(16)10-4-2-3-5-11(10)15(18)19/h2-5,9,17H,6-8H2,1H3,(H,14,16). The summed E-state index contributed by atoms with van der Waals surface area (Å²) in [5, 5.41) is 23.5. The summed E-state index contributed by atoms with van der Waals surface area (Å²) < 4.78 is 0. The Balaban J connectivity index is 2.06. The van der Waals surface area contributed by atoms with Gasteiger partial charge in [-0.25, -0.2) is 0 Å². The van der Waals surface area contributed by atoms with Crippen molar-refractivity contribution in [2.45, 2.75) is 25.4 Å². The third kappa shape index (κ3) is 3.08. The zero-order valence-corrected chi connectivity index (χ0v) is 10.6. The Hall–Kier alpha value is -1.95. The highest BCUT2D eigenvalue weighted by Gasteiger charge is 2.40. The maximum atomic E-state index is 11.9. The highest BCUT2D eigenvalue weighted by Crippen LogP contribution is 2.39. The number of hydrogen-bond acceptors (Lipinski definition) is 4. The monoisotopic (exact) mass is 264 g/mol. The average molecular weight is 264 g/mol. The first-order valence-electron chi connectivity index (χ1n) is 6.16. The molecule has 2 rings (SSSR count). The van der Waals surface area contributed by atoms with Crippen LogP contribution in [0.5, 0.6) is 0 Å². The molecule has 6 nitrogen and oxygen atoms in total. The van der Waals surface area contributed by atoms with Crippen LogP contribution in [-0.2, 0) is 0 Å². The second-order valence-corrected chi connectivity index (χ2v) is 5.09. The summed E-state index contributed by atoms with van der Waals surface area (Å²) in [5.41, 5.74) is -1.16. The largest absolute Gasteiger partial charge is 0.388 e. The number of nitro benzene ring substituents is 1. The third-order valence-corrected chi connectivity index (χ3v) is 3.41. The first-order valence-corrected chi connectivity index (χ1v) is 6.16. The molecule has 0 radical (unpaired) electrons. The molecule has 1 aromatic rings. The van der Waals surface area contributed by atoms with Gasteiger partial charge in [-0.05, 0) is 31.7 Å². The Kier molecular flexibility index (Phi) is 3.53. The van der Waals surface area contributed by atoms with Crippen LogP contribution in [0, 0.1) is 16.0 Å². The van der Waals surface area contributed by atoms with Gasteiger partial charge >= 0.3 is 0 Å². The van der Waals surface area contributed by atoms with Gasteiger partial charge in [0.05, 0.1) is 10.5 Å². The minimum absolute atomic E-state index is 0.0131. The molecule has 6 heteroatoms. The lowest BCUT2D eigenvalue weighted by atomic mass is 10.0. The van der Waals surface area contributed by atoms with Crippen molar-refractivity contribution in [2.24, 2.45) is 5.92 Å². The SMILES string of the molecule is CC(O)(CNC(=O)c1ccccc1[N+](=O)[O-])C1CC1. The van der Waals surface area contributed by atoms with Gasteiger partial charge in [0, 0.05) is 12.6 Å². The Labute approximate surface area is 110 Å². The smallest absolute Gasteiger partial charge is 0.282 e. The number of hydrogen-bond donors (Lipinski definition) is 2. The maximum absolute atomic E-state index is 11.9. The van der Waals surface area contributed by atoms with E-state index in [0.717, 1.165) is 12.8 Å². The van der Waals surface area contributed by atoms with Gasteiger partial charge < -0.3 is 10.4 Å². The molecule has 19 heavy (non-hydrogen) atoms. The fraction of sp³-hybridized carbons (Fsp3) is 0.462. The van der Waals surface area contributed by atoms with Crippen LogP contribution in [0.25, 0.3) is 0 Å². The average Bonchev–Trinajstić information content (AvgIpc) is 3.20. The number of rotatable bonds is 5. The molecule has 0 bridgehead atoms. The highest BCUT2D eigenvalue weighted by molar-refractivity contribution is 5.98. The molecule has 1 amide bonds. The molecule has 1 unspecified atom stereocenters. The van der Waals surface area contributed by atoms with Gasteiger partial charge in [0.1, 0.15) is 5.56 Å². The van der Waals surface area contributed by atoms with Gasteiger partial charge in [-0.2, -0.15) is 0 Å². The number of amides is 1. The molecule has 0 saturated heterocycles. The van der Waals surface area contributed by atoms with E-state index in [2.05, 4.69) is 5.32 Å². The zero-order valence-electron chi connectivity index (χ0n) is 10.6. The molecule has 1 aromatic carbocycles. The Morgan fingerprint density at radius 1 is 1.53 bits per heavy atom. The van der Waals surface area contributed by atoms with Gasteiger partial charge in [-0.1, -0.05) is 12.1 Å². The van der Waals surface area contributed by atoms with Crippen molar-refractivity contribution >= 4 is 11.6 Å². The number of nitrogens with zero attached hydrogens (tertiary/aromatic N) is 1. The molecular weight excluding hydrogens is 248 g/mol. The lowest BCUT2D eigenvalue weighted by Crippen LogP contribution is -2.42. The minimum Gasteiger partial charge on any atom is -0.388 e. The van der Waals surface area contributed by atoms with Crippen LogP contribution in [0.2, 0.25) is 0 Å². The fourth-order valence-electron chi connectivity index (χ4n) is 2.03. The molecule has 0 aromatic heterocycles. The van der Waals surface area contributed by atoms with Gasteiger partial charge in [-0.15, -0.1) is 0 Å². The van der Waals surface area contributed by atoms with Crippen LogP contribution in [0.1, 0.15) is 30.1 Å². The van der Waals surface area contributed by atoms with Crippen LogP contribution in [-0.4, -0.2) is 28.1 Å². The van der Waals surface area contributed by atoms with E-state index in [1.165, 1.54) is 18.2 Å². The van der Waals surface area contributed by atoms with Crippen LogP contribution in [0.15, 0.2) is 24.3 Å². The molecule has 1 aliphatic carbocycles. The predicted molar refractivity (Wildman–Crippen MR) is 68.8 cm³/mol. The van der Waals surface area contributed by atoms with Gasteiger partial charge in [0.2, 0.25) is 0 Å². The Bertz CT molecular complexity index is 509. The number of carbonyl (C=O) groups excluding carboxylic acids is 1. The van der Waals surface area contributed by atoms with E-state index in [4.69, 9.17) is 0 Å². The van der Waals surface area contributed by atoms with Crippen molar-refractivity contribution in [3.63, 3.8) is 0 Å². The van der Waals surface area contributed by atoms with Crippen molar-refractivity contribution in [1.29, 1.82) is 0 Å². The molecule has 0 heterocycles. The Morgan fingerprint density at radius 3 is 2.74 bits per heavy atom. The molecule has 102 valence electrons. The summed E-state index contributed by atoms with van der Waals surface area (Å²) in [4.78, 5) is 22.2. The maximum Gasteiger partial charge on any atom is 0.282 e. The molecule has 1 saturated carbocycles. The van der Waals surface area contributed by atoms with Crippen molar-refractivity contribution in [2.75, 3.05) is 6.54 Å². The van der Waals surface area contributed by atoms with Gasteiger partial charge in [0.15, 0.2) is 0 Å². The van der Waals surface area contributed by atoms with E-state index in [9.17, 15) is 20.0 Å². The molecule has 1 fully saturated rings. The second kappa shape index (κ2) is 4.97. The van der Waals surface area contributed by atoms with Gasteiger partial charge in [-0.3, -0.25) is 14.9 Å². The van der Waals surface area contributed by atoms with Crippen molar-refractivity contribution in [1.82, 2.24) is 5.32 Å². The fourth-order valence-corrected chi connectivity index (χ4v) is 2.03. The normalized spacial score (nSPS) is 17.6. The summed E-state index contributed by atoms with van der Waals surface area (Å²) >= 11 is 0. The molecule has 0 aliphatic heterocycles. The number of carbonyl (C=O) groups is 1. The number of aliphatic hydroxyl groups is 1. The number of nitrogens with one attached hydrogen (secondary N) is 1. The summed E-state index contributed by atoms with van der Waals surface area (Å²) in [5.74, 6) is -0.327. The van der Waals surface area contributed by atoms with Crippen LogP contribution in [0.4, 0.5) is 5.69 Å². The summed E-state index contributed by atoms with van der Waals surface area (Å²) in [6, 6.07) is 5.77. The minimum atomic E-state index is -0.945. The molecule has 2 N–H and O–H groups in total. The molecular formula is C13H16N2O4. The van der Waals surface area contributed by atoms with Crippen molar-refractivity contribution in [3.8, 4) is 0 Å². The zero-order chi connectivity index (χ0) is 14.0.